The Balaban J connectivity index is 2.27. The number of aliphatic hydroxyl groups excluding tert-OH is 1. The standard InChI is InChI=1S/C15H18ClN3O2/c1-19-15(21)14(16)13(10-17-19)18-12(8-5-9-20)11-6-3-2-4-7-11/h2-4,6-7,10,12,18,20H,5,8-9H2,1H3/t12-/m0/s1. The number of hydrogen-bond acceptors (Lipinski definition) is 4. The van der Waals surface area contributed by atoms with Crippen molar-refractivity contribution < 1.29 is 5.11 Å². The molecule has 2 N–H and O–H groups in total. The molecule has 21 heavy (non-hydrogen) atoms. The molecule has 0 saturated carbocycles. The van der Waals surface area contributed by atoms with Gasteiger partial charge in [-0.25, -0.2) is 4.68 Å². The molecule has 0 bridgehead atoms. The fourth-order valence-electron chi connectivity index (χ4n) is 2.10. The summed E-state index contributed by atoms with van der Waals surface area (Å²) in [6.45, 7) is 0.119. The topological polar surface area (TPSA) is 67.2 Å². The highest BCUT2D eigenvalue weighted by atomic mass is 35.5. The van der Waals surface area contributed by atoms with Gasteiger partial charge in [0.1, 0.15) is 5.02 Å². The number of nitrogens with zero attached hydrogens (tertiary/aromatic N) is 2. The van der Waals surface area contributed by atoms with Crippen molar-refractivity contribution >= 4 is 17.3 Å². The van der Waals surface area contributed by atoms with Crippen LogP contribution < -0.4 is 10.9 Å². The molecule has 5 nitrogen and oxygen atoms in total. The highest BCUT2D eigenvalue weighted by molar-refractivity contribution is 6.32. The van der Waals surface area contributed by atoms with Gasteiger partial charge in [-0.15, -0.1) is 0 Å². The number of aryl methyl sites for hydroxylation is 1. The molecule has 0 spiro atoms. The van der Waals surface area contributed by atoms with Gasteiger partial charge in [-0.2, -0.15) is 5.10 Å². The predicted octanol–water partition coefficient (Wildman–Crippen LogP) is 2.36. The third-order valence-corrected chi connectivity index (χ3v) is 3.63. The van der Waals surface area contributed by atoms with Gasteiger partial charge in [0, 0.05) is 13.7 Å². The van der Waals surface area contributed by atoms with Crippen LogP contribution in [-0.4, -0.2) is 21.5 Å². The number of benzene rings is 1. The van der Waals surface area contributed by atoms with Crippen LogP contribution in [0.3, 0.4) is 0 Å². The molecule has 1 atom stereocenters. The number of halogens is 1. The maximum atomic E-state index is 11.8. The molecule has 2 rings (SSSR count). The molecular formula is C15H18ClN3O2. The number of rotatable bonds is 6. The Kier molecular flexibility index (Phi) is 5.36. The maximum Gasteiger partial charge on any atom is 0.287 e. The quantitative estimate of drug-likeness (QED) is 0.860. The van der Waals surface area contributed by atoms with Crippen molar-refractivity contribution in [2.75, 3.05) is 11.9 Å². The summed E-state index contributed by atoms with van der Waals surface area (Å²) in [5.74, 6) is 0. The molecule has 1 aromatic carbocycles. The normalized spacial score (nSPS) is 12.1. The number of hydrogen-bond donors (Lipinski definition) is 2. The van der Waals surface area contributed by atoms with Crippen LogP contribution in [0.1, 0.15) is 24.4 Å². The molecule has 0 amide bonds. The summed E-state index contributed by atoms with van der Waals surface area (Å²) in [6.07, 6.45) is 2.92. The summed E-state index contributed by atoms with van der Waals surface area (Å²) in [5.41, 5.74) is 1.24. The Bertz CT molecular complexity index is 643. The van der Waals surface area contributed by atoms with E-state index in [2.05, 4.69) is 10.4 Å². The van der Waals surface area contributed by atoms with Gasteiger partial charge in [0.2, 0.25) is 0 Å². The van der Waals surface area contributed by atoms with Crippen molar-refractivity contribution in [1.29, 1.82) is 0 Å². The van der Waals surface area contributed by atoms with E-state index < -0.39 is 0 Å². The number of aliphatic hydroxyl groups is 1. The molecule has 112 valence electrons. The lowest BCUT2D eigenvalue weighted by Crippen LogP contribution is -2.22. The first kappa shape index (κ1) is 15.5. The summed E-state index contributed by atoms with van der Waals surface area (Å²) in [4.78, 5) is 11.8. The minimum atomic E-state index is -0.337. The van der Waals surface area contributed by atoms with Gasteiger partial charge in [-0.3, -0.25) is 4.79 Å². The van der Waals surface area contributed by atoms with E-state index in [0.29, 0.717) is 12.1 Å². The van der Waals surface area contributed by atoms with E-state index in [1.807, 2.05) is 30.3 Å². The van der Waals surface area contributed by atoms with Gasteiger partial charge < -0.3 is 10.4 Å². The zero-order valence-electron chi connectivity index (χ0n) is 11.8. The average Bonchev–Trinajstić information content (AvgIpc) is 2.52. The second kappa shape index (κ2) is 7.24. The first-order valence-corrected chi connectivity index (χ1v) is 7.15. The fraction of sp³-hybridized carbons (Fsp3) is 0.333. The second-order valence-electron chi connectivity index (χ2n) is 4.77. The first-order chi connectivity index (χ1) is 10.1. The molecule has 1 aromatic heterocycles. The van der Waals surface area contributed by atoms with Crippen molar-refractivity contribution in [2.24, 2.45) is 7.05 Å². The van der Waals surface area contributed by atoms with Crippen LogP contribution in [0.2, 0.25) is 5.02 Å². The molecule has 1 heterocycles. The van der Waals surface area contributed by atoms with E-state index in [1.165, 1.54) is 4.68 Å². The number of aromatic nitrogens is 2. The predicted molar refractivity (Wildman–Crippen MR) is 83.6 cm³/mol. The van der Waals surface area contributed by atoms with Crippen molar-refractivity contribution in [3.8, 4) is 0 Å². The number of anilines is 1. The molecular weight excluding hydrogens is 290 g/mol. The Morgan fingerprint density at radius 2 is 2.10 bits per heavy atom. The first-order valence-electron chi connectivity index (χ1n) is 6.77. The van der Waals surface area contributed by atoms with Gasteiger partial charge in [0.25, 0.3) is 5.56 Å². The SMILES string of the molecule is Cn1ncc(N[C@@H](CCCO)c2ccccc2)c(Cl)c1=O. The van der Waals surface area contributed by atoms with Crippen molar-refractivity contribution in [3.05, 3.63) is 57.5 Å². The van der Waals surface area contributed by atoms with E-state index in [9.17, 15) is 4.79 Å². The van der Waals surface area contributed by atoms with E-state index in [-0.39, 0.29) is 23.2 Å². The molecule has 6 heteroatoms. The molecule has 0 aliphatic heterocycles. The van der Waals surface area contributed by atoms with Crippen molar-refractivity contribution in [1.82, 2.24) is 9.78 Å². The van der Waals surface area contributed by atoms with E-state index >= 15 is 0 Å². The Morgan fingerprint density at radius 1 is 1.38 bits per heavy atom. The molecule has 0 aliphatic rings. The fourth-order valence-corrected chi connectivity index (χ4v) is 2.33. The van der Waals surface area contributed by atoms with Gasteiger partial charge in [0.15, 0.2) is 0 Å². The number of nitrogens with one attached hydrogen (secondary N) is 1. The summed E-state index contributed by atoms with van der Waals surface area (Å²) in [6, 6.07) is 9.80. The molecule has 0 unspecified atom stereocenters. The smallest absolute Gasteiger partial charge is 0.287 e. The van der Waals surface area contributed by atoms with Crippen LogP contribution in [0.15, 0.2) is 41.3 Å². The highest BCUT2D eigenvalue weighted by Gasteiger charge is 2.14. The highest BCUT2D eigenvalue weighted by Crippen LogP contribution is 2.26. The maximum absolute atomic E-state index is 11.8. The molecule has 0 saturated heterocycles. The van der Waals surface area contributed by atoms with Crippen LogP contribution in [-0.2, 0) is 7.05 Å². The summed E-state index contributed by atoms with van der Waals surface area (Å²) >= 11 is 6.08. The van der Waals surface area contributed by atoms with Gasteiger partial charge in [-0.1, -0.05) is 41.9 Å². The van der Waals surface area contributed by atoms with Crippen LogP contribution in [0.25, 0.3) is 0 Å². The minimum Gasteiger partial charge on any atom is -0.396 e. The molecule has 0 radical (unpaired) electrons. The van der Waals surface area contributed by atoms with Crippen LogP contribution in [0.4, 0.5) is 5.69 Å². The lowest BCUT2D eigenvalue weighted by atomic mass is 10.0. The molecule has 2 aromatic rings. The lowest BCUT2D eigenvalue weighted by Gasteiger charge is -2.20. The largest absolute Gasteiger partial charge is 0.396 e. The summed E-state index contributed by atoms with van der Waals surface area (Å²) in [7, 11) is 1.55. The van der Waals surface area contributed by atoms with Crippen molar-refractivity contribution in [3.63, 3.8) is 0 Å². The van der Waals surface area contributed by atoms with E-state index in [0.717, 1.165) is 12.0 Å². The molecule has 0 aliphatic carbocycles. The lowest BCUT2D eigenvalue weighted by molar-refractivity contribution is 0.281. The van der Waals surface area contributed by atoms with Crippen LogP contribution >= 0.6 is 11.6 Å². The van der Waals surface area contributed by atoms with Gasteiger partial charge in [0.05, 0.1) is 17.9 Å². The third-order valence-electron chi connectivity index (χ3n) is 3.26. The molecule has 0 fully saturated rings. The Morgan fingerprint density at radius 3 is 2.76 bits per heavy atom. The van der Waals surface area contributed by atoms with Crippen LogP contribution in [0.5, 0.6) is 0 Å². The van der Waals surface area contributed by atoms with E-state index in [1.54, 1.807) is 13.2 Å². The summed E-state index contributed by atoms with van der Waals surface area (Å²) in [5, 5.41) is 16.4. The third kappa shape index (κ3) is 3.83. The zero-order valence-corrected chi connectivity index (χ0v) is 12.5. The monoisotopic (exact) mass is 307 g/mol. The zero-order chi connectivity index (χ0) is 15.2. The van der Waals surface area contributed by atoms with E-state index in [4.69, 9.17) is 16.7 Å². The second-order valence-corrected chi connectivity index (χ2v) is 5.15. The Labute approximate surface area is 128 Å². The Hall–Kier alpha value is -1.85. The van der Waals surface area contributed by atoms with Gasteiger partial charge >= 0.3 is 0 Å². The average molecular weight is 308 g/mol. The van der Waals surface area contributed by atoms with Gasteiger partial charge in [-0.05, 0) is 18.4 Å². The van der Waals surface area contributed by atoms with Crippen LogP contribution in [0, 0.1) is 0 Å². The minimum absolute atomic E-state index is 0.0373. The van der Waals surface area contributed by atoms with Crippen molar-refractivity contribution in [2.45, 2.75) is 18.9 Å². The summed E-state index contributed by atoms with van der Waals surface area (Å²) < 4.78 is 1.19.